The maximum absolute atomic E-state index is 6.10. The van der Waals surface area contributed by atoms with Gasteiger partial charge in [0.1, 0.15) is 12.4 Å². The zero-order chi connectivity index (χ0) is 13.8. The lowest BCUT2D eigenvalue weighted by atomic mass is 10.2. The summed E-state index contributed by atoms with van der Waals surface area (Å²) >= 11 is 15.5. The van der Waals surface area contributed by atoms with Gasteiger partial charge in [0.2, 0.25) is 0 Å². The van der Waals surface area contributed by atoms with Crippen molar-refractivity contribution in [3.8, 4) is 5.75 Å². The van der Waals surface area contributed by atoms with Crippen molar-refractivity contribution in [2.24, 2.45) is 5.73 Å². The Labute approximate surface area is 130 Å². The van der Waals surface area contributed by atoms with Crippen LogP contribution in [0.4, 0.5) is 0 Å². The Kier molecular flexibility index (Phi) is 5.11. The van der Waals surface area contributed by atoms with Gasteiger partial charge in [-0.1, -0.05) is 35.3 Å². The molecular formula is C14H12BrCl2NO. The fourth-order valence-corrected chi connectivity index (χ4v) is 2.57. The van der Waals surface area contributed by atoms with Crippen LogP contribution in [-0.4, -0.2) is 0 Å². The Morgan fingerprint density at radius 2 is 1.89 bits per heavy atom. The van der Waals surface area contributed by atoms with Gasteiger partial charge in [0.15, 0.2) is 0 Å². The minimum atomic E-state index is 0.342. The molecule has 2 aromatic rings. The maximum Gasteiger partial charge on any atom is 0.138 e. The number of para-hydroxylation sites is 1. The molecule has 19 heavy (non-hydrogen) atoms. The van der Waals surface area contributed by atoms with Gasteiger partial charge in [0.05, 0.1) is 4.47 Å². The average molecular weight is 361 g/mol. The second kappa shape index (κ2) is 6.62. The van der Waals surface area contributed by atoms with Crippen LogP contribution in [0.5, 0.6) is 5.75 Å². The first-order valence-electron chi connectivity index (χ1n) is 5.66. The van der Waals surface area contributed by atoms with Gasteiger partial charge < -0.3 is 10.5 Å². The summed E-state index contributed by atoms with van der Waals surface area (Å²) in [4.78, 5) is 0. The van der Waals surface area contributed by atoms with Gasteiger partial charge in [0, 0.05) is 27.7 Å². The number of rotatable bonds is 4. The highest BCUT2D eigenvalue weighted by Crippen LogP contribution is 2.30. The Balaban J connectivity index is 2.21. The Hall–Kier alpha value is -0.740. The molecule has 0 fully saturated rings. The SMILES string of the molecule is NCc1cccc(Br)c1OCc1cc(Cl)ccc1Cl. The van der Waals surface area contributed by atoms with Gasteiger partial charge in [-0.15, -0.1) is 0 Å². The summed E-state index contributed by atoms with van der Waals surface area (Å²) in [5.74, 6) is 0.737. The summed E-state index contributed by atoms with van der Waals surface area (Å²) in [5, 5.41) is 1.26. The van der Waals surface area contributed by atoms with E-state index in [0.717, 1.165) is 21.3 Å². The lowest BCUT2D eigenvalue weighted by Crippen LogP contribution is -2.03. The smallest absolute Gasteiger partial charge is 0.138 e. The molecule has 2 N–H and O–H groups in total. The Bertz CT molecular complexity index is 590. The highest BCUT2D eigenvalue weighted by atomic mass is 79.9. The van der Waals surface area contributed by atoms with Crippen molar-refractivity contribution < 1.29 is 4.74 Å². The van der Waals surface area contributed by atoms with Gasteiger partial charge >= 0.3 is 0 Å². The first kappa shape index (κ1) is 14.7. The molecule has 0 heterocycles. The molecule has 2 aromatic carbocycles. The van der Waals surface area contributed by atoms with E-state index in [9.17, 15) is 0 Å². The summed E-state index contributed by atoms with van der Waals surface area (Å²) in [5.41, 5.74) is 7.47. The molecule has 5 heteroatoms. The van der Waals surface area contributed by atoms with Crippen LogP contribution >= 0.6 is 39.1 Å². The highest BCUT2D eigenvalue weighted by molar-refractivity contribution is 9.10. The third-order valence-electron chi connectivity index (χ3n) is 2.65. The molecule has 0 bridgehead atoms. The number of benzene rings is 2. The molecule has 0 saturated heterocycles. The van der Waals surface area contributed by atoms with Gasteiger partial charge in [-0.05, 0) is 40.2 Å². The second-order valence-electron chi connectivity index (χ2n) is 3.96. The molecule has 0 unspecified atom stereocenters. The fraction of sp³-hybridized carbons (Fsp3) is 0.143. The zero-order valence-electron chi connectivity index (χ0n) is 10.00. The molecule has 0 spiro atoms. The van der Waals surface area contributed by atoms with Crippen LogP contribution in [0.1, 0.15) is 11.1 Å². The summed E-state index contributed by atoms with van der Waals surface area (Å²) in [6.45, 7) is 0.757. The lowest BCUT2D eigenvalue weighted by molar-refractivity contribution is 0.301. The molecule has 2 rings (SSSR count). The molecule has 2 nitrogen and oxygen atoms in total. The van der Waals surface area contributed by atoms with E-state index in [2.05, 4.69) is 15.9 Å². The summed E-state index contributed by atoms with van der Waals surface area (Å²) in [6.07, 6.45) is 0. The minimum absolute atomic E-state index is 0.342. The molecule has 0 aliphatic carbocycles. The van der Waals surface area contributed by atoms with Crippen LogP contribution < -0.4 is 10.5 Å². The van der Waals surface area contributed by atoms with Crippen LogP contribution in [0.15, 0.2) is 40.9 Å². The molecule has 100 valence electrons. The highest BCUT2D eigenvalue weighted by Gasteiger charge is 2.09. The third-order valence-corrected chi connectivity index (χ3v) is 3.88. The molecule has 0 saturated carbocycles. The number of nitrogens with two attached hydrogens (primary N) is 1. The average Bonchev–Trinajstić information content (AvgIpc) is 2.40. The summed E-state index contributed by atoms with van der Waals surface area (Å²) in [7, 11) is 0. The number of ether oxygens (including phenoxy) is 1. The van der Waals surface area contributed by atoms with E-state index in [0.29, 0.717) is 23.2 Å². The van der Waals surface area contributed by atoms with E-state index in [1.54, 1.807) is 18.2 Å². The van der Waals surface area contributed by atoms with Crippen molar-refractivity contribution in [1.82, 2.24) is 0 Å². The molecule has 0 aliphatic heterocycles. The molecule has 0 atom stereocenters. The first-order valence-corrected chi connectivity index (χ1v) is 7.21. The van der Waals surface area contributed by atoms with E-state index in [4.69, 9.17) is 33.7 Å². The van der Waals surface area contributed by atoms with E-state index < -0.39 is 0 Å². The third kappa shape index (κ3) is 3.63. The van der Waals surface area contributed by atoms with Crippen LogP contribution in [0.25, 0.3) is 0 Å². The van der Waals surface area contributed by atoms with Crippen molar-refractivity contribution >= 4 is 39.1 Å². The van der Waals surface area contributed by atoms with Gasteiger partial charge in [-0.3, -0.25) is 0 Å². The zero-order valence-corrected chi connectivity index (χ0v) is 13.1. The normalized spacial score (nSPS) is 10.5. The molecule has 0 radical (unpaired) electrons. The van der Waals surface area contributed by atoms with Crippen molar-refractivity contribution in [2.45, 2.75) is 13.2 Å². The lowest BCUT2D eigenvalue weighted by Gasteiger charge is -2.13. The molecule has 0 aliphatic rings. The van der Waals surface area contributed by atoms with Crippen LogP contribution in [0.2, 0.25) is 10.0 Å². The van der Waals surface area contributed by atoms with Crippen molar-refractivity contribution in [2.75, 3.05) is 0 Å². The monoisotopic (exact) mass is 359 g/mol. The molecule has 0 amide bonds. The maximum atomic E-state index is 6.10. The van der Waals surface area contributed by atoms with Crippen LogP contribution in [0.3, 0.4) is 0 Å². The van der Waals surface area contributed by atoms with E-state index in [1.165, 1.54) is 0 Å². The second-order valence-corrected chi connectivity index (χ2v) is 5.65. The standard InChI is InChI=1S/C14H12BrCl2NO/c15-12-3-1-2-9(7-18)14(12)19-8-10-6-11(16)4-5-13(10)17/h1-6H,7-8,18H2. The van der Waals surface area contributed by atoms with Gasteiger partial charge in [0.25, 0.3) is 0 Å². The van der Waals surface area contributed by atoms with Gasteiger partial charge in [-0.2, -0.15) is 0 Å². The fourth-order valence-electron chi connectivity index (χ4n) is 1.68. The number of halogens is 3. The Morgan fingerprint density at radius 1 is 1.11 bits per heavy atom. The van der Waals surface area contributed by atoms with Gasteiger partial charge in [-0.25, -0.2) is 0 Å². The quantitative estimate of drug-likeness (QED) is 0.850. The predicted octanol–water partition coefficient (Wildman–Crippen LogP) is 4.79. The van der Waals surface area contributed by atoms with E-state index in [1.807, 2.05) is 18.2 Å². The summed E-state index contributed by atoms with van der Waals surface area (Å²) < 4.78 is 6.68. The minimum Gasteiger partial charge on any atom is -0.487 e. The predicted molar refractivity (Wildman–Crippen MR) is 82.8 cm³/mol. The largest absolute Gasteiger partial charge is 0.487 e. The van der Waals surface area contributed by atoms with Crippen molar-refractivity contribution in [3.63, 3.8) is 0 Å². The Morgan fingerprint density at radius 3 is 2.63 bits per heavy atom. The van der Waals surface area contributed by atoms with E-state index in [-0.39, 0.29) is 0 Å². The topological polar surface area (TPSA) is 35.2 Å². The van der Waals surface area contributed by atoms with Crippen LogP contribution in [0, 0.1) is 0 Å². The van der Waals surface area contributed by atoms with E-state index >= 15 is 0 Å². The summed E-state index contributed by atoms with van der Waals surface area (Å²) in [6, 6.07) is 11.1. The molecule has 0 aromatic heterocycles. The first-order chi connectivity index (χ1) is 9.11. The number of hydrogen-bond acceptors (Lipinski definition) is 2. The van der Waals surface area contributed by atoms with Crippen molar-refractivity contribution in [1.29, 1.82) is 0 Å². The number of hydrogen-bond donors (Lipinski definition) is 1. The molecular weight excluding hydrogens is 349 g/mol. The van der Waals surface area contributed by atoms with Crippen molar-refractivity contribution in [3.05, 3.63) is 62.0 Å². The van der Waals surface area contributed by atoms with Crippen LogP contribution in [-0.2, 0) is 13.2 Å².